The number of alkyl carbamates (subject to hydrolysis) is 1. The van der Waals surface area contributed by atoms with Crippen molar-refractivity contribution in [1.29, 1.82) is 0 Å². The fourth-order valence-corrected chi connectivity index (χ4v) is 4.77. The highest BCUT2D eigenvalue weighted by Gasteiger charge is 2.43. The maximum Gasteiger partial charge on any atom is 0.409 e. The molecule has 0 spiro atoms. The van der Waals surface area contributed by atoms with E-state index in [9.17, 15) is 27.6 Å². The third-order valence-electron chi connectivity index (χ3n) is 6.48. The molecule has 2 aliphatic rings. The van der Waals surface area contributed by atoms with Gasteiger partial charge in [-0.2, -0.15) is 13.2 Å². The van der Waals surface area contributed by atoms with Gasteiger partial charge in [0.2, 0.25) is 5.91 Å². The number of benzene rings is 2. The molecule has 0 heterocycles. The molecule has 7 nitrogen and oxygen atoms in total. The zero-order chi connectivity index (χ0) is 25.2. The molecular weight excluding hydrogens is 465 g/mol. The van der Waals surface area contributed by atoms with Gasteiger partial charge in [-0.3, -0.25) is 9.59 Å². The molecule has 3 N–H and O–H groups in total. The van der Waals surface area contributed by atoms with Crippen molar-refractivity contribution in [3.8, 4) is 11.1 Å². The molecule has 1 atom stereocenters. The summed E-state index contributed by atoms with van der Waals surface area (Å²) < 4.78 is 45.7. The third kappa shape index (κ3) is 5.75. The first-order chi connectivity index (χ1) is 16.6. The van der Waals surface area contributed by atoms with Gasteiger partial charge in [-0.1, -0.05) is 48.5 Å². The molecular formula is C25H25F3N2O5. The molecule has 1 fully saturated rings. The van der Waals surface area contributed by atoms with Crippen LogP contribution in [-0.2, 0) is 14.3 Å². The van der Waals surface area contributed by atoms with E-state index in [0.717, 1.165) is 22.3 Å². The minimum absolute atomic E-state index is 0.0408. The minimum Gasteiger partial charge on any atom is -0.481 e. The largest absolute Gasteiger partial charge is 0.481 e. The second kappa shape index (κ2) is 9.97. The highest BCUT2D eigenvalue weighted by molar-refractivity contribution is 5.80. The summed E-state index contributed by atoms with van der Waals surface area (Å²) in [7, 11) is 0. The molecule has 0 bridgehead atoms. The molecule has 4 rings (SSSR count). The Morgan fingerprint density at radius 3 is 2.11 bits per heavy atom. The van der Waals surface area contributed by atoms with Crippen molar-refractivity contribution in [2.24, 2.45) is 5.92 Å². The smallest absolute Gasteiger partial charge is 0.409 e. The molecule has 0 radical (unpaired) electrons. The Balaban J connectivity index is 1.32. The van der Waals surface area contributed by atoms with Crippen LogP contribution in [0.2, 0.25) is 0 Å². The lowest BCUT2D eigenvalue weighted by atomic mass is 9.78. The molecule has 2 aliphatic carbocycles. The van der Waals surface area contributed by atoms with Crippen LogP contribution in [0, 0.1) is 5.92 Å². The van der Waals surface area contributed by atoms with Gasteiger partial charge in [0, 0.05) is 18.4 Å². The number of halogens is 3. The van der Waals surface area contributed by atoms with E-state index < -0.39 is 36.6 Å². The molecule has 2 aromatic rings. The van der Waals surface area contributed by atoms with Gasteiger partial charge in [-0.15, -0.1) is 0 Å². The van der Waals surface area contributed by atoms with E-state index >= 15 is 0 Å². The number of amides is 2. The molecule has 1 unspecified atom stereocenters. The first-order valence-corrected chi connectivity index (χ1v) is 11.3. The summed E-state index contributed by atoms with van der Waals surface area (Å²) in [5.41, 5.74) is 3.83. The standard InChI is InChI=1S/C25H25F3N2O5/c26-25(27,28)21(12-22(31)29-15-9-14(10-15)11-23(32)33)30-24(34)35-13-20-18-7-3-1-5-16(18)17-6-2-4-8-19(17)20/h1-8,14-15,20-21H,9-13H2,(H,29,31)(H,30,34)(H,32,33). The predicted molar refractivity (Wildman–Crippen MR) is 120 cm³/mol. The first kappa shape index (κ1) is 24.6. The SMILES string of the molecule is O=C(O)CC1CC(NC(=O)CC(NC(=O)OCC2c3ccccc3-c3ccccc32)C(F)(F)F)C1. The summed E-state index contributed by atoms with van der Waals surface area (Å²) >= 11 is 0. The Hall–Kier alpha value is -3.56. The Kier molecular flexibility index (Phi) is 7.00. The van der Waals surface area contributed by atoms with Gasteiger partial charge >= 0.3 is 18.2 Å². The Morgan fingerprint density at radius 2 is 1.57 bits per heavy atom. The van der Waals surface area contributed by atoms with Crippen molar-refractivity contribution < 1.29 is 37.4 Å². The van der Waals surface area contributed by atoms with E-state index in [1.165, 1.54) is 0 Å². The van der Waals surface area contributed by atoms with Crippen molar-refractivity contribution in [3.63, 3.8) is 0 Å². The van der Waals surface area contributed by atoms with Gasteiger partial charge in [-0.25, -0.2) is 4.79 Å². The molecule has 0 aromatic heterocycles. The van der Waals surface area contributed by atoms with E-state index in [1.54, 1.807) is 5.32 Å². The zero-order valence-corrected chi connectivity index (χ0v) is 18.7. The highest BCUT2D eigenvalue weighted by atomic mass is 19.4. The van der Waals surface area contributed by atoms with Crippen LogP contribution in [-0.4, -0.2) is 47.9 Å². The fraction of sp³-hybridized carbons (Fsp3) is 0.400. The molecule has 0 saturated heterocycles. The Morgan fingerprint density at radius 1 is 1.00 bits per heavy atom. The van der Waals surface area contributed by atoms with Crippen LogP contribution >= 0.6 is 0 Å². The van der Waals surface area contributed by atoms with Crippen molar-refractivity contribution >= 4 is 18.0 Å². The maximum atomic E-state index is 13.5. The van der Waals surface area contributed by atoms with Crippen LogP contribution in [0.5, 0.6) is 0 Å². The van der Waals surface area contributed by atoms with Crippen molar-refractivity contribution in [2.45, 2.75) is 49.9 Å². The summed E-state index contributed by atoms with van der Waals surface area (Å²) in [6, 6.07) is 12.4. The monoisotopic (exact) mass is 490 g/mol. The van der Waals surface area contributed by atoms with Gasteiger partial charge in [0.05, 0.1) is 6.42 Å². The highest BCUT2D eigenvalue weighted by Crippen LogP contribution is 2.44. The third-order valence-corrected chi connectivity index (χ3v) is 6.48. The van der Waals surface area contributed by atoms with Gasteiger partial charge in [0.25, 0.3) is 0 Å². The number of alkyl halides is 3. The number of ether oxygens (including phenoxy) is 1. The van der Waals surface area contributed by atoms with Crippen molar-refractivity contribution in [1.82, 2.24) is 10.6 Å². The number of rotatable bonds is 8. The number of hydrogen-bond acceptors (Lipinski definition) is 4. The molecule has 10 heteroatoms. The lowest BCUT2D eigenvalue weighted by Gasteiger charge is -2.35. The van der Waals surface area contributed by atoms with Gasteiger partial charge < -0.3 is 20.5 Å². The number of carboxylic acid groups (broad SMARTS) is 1. The van der Waals surface area contributed by atoms with Crippen LogP contribution < -0.4 is 10.6 Å². The van der Waals surface area contributed by atoms with Crippen molar-refractivity contribution in [2.75, 3.05) is 6.61 Å². The van der Waals surface area contributed by atoms with Crippen LogP contribution in [0.1, 0.15) is 42.7 Å². The lowest BCUT2D eigenvalue weighted by molar-refractivity contribution is -0.160. The Labute approximate surface area is 199 Å². The summed E-state index contributed by atoms with van der Waals surface area (Å²) in [5.74, 6) is -2.23. The number of hydrogen-bond donors (Lipinski definition) is 3. The van der Waals surface area contributed by atoms with E-state index in [2.05, 4.69) is 5.32 Å². The molecule has 186 valence electrons. The van der Waals surface area contributed by atoms with E-state index in [1.807, 2.05) is 48.5 Å². The number of carbonyl (C=O) groups is 3. The number of fused-ring (bicyclic) bond motifs is 3. The second-order valence-electron chi connectivity index (χ2n) is 8.97. The lowest BCUT2D eigenvalue weighted by Crippen LogP contribution is -2.51. The second-order valence-corrected chi connectivity index (χ2v) is 8.97. The minimum atomic E-state index is -4.85. The fourth-order valence-electron chi connectivity index (χ4n) is 4.77. The van der Waals surface area contributed by atoms with Crippen LogP contribution in [0.3, 0.4) is 0 Å². The predicted octanol–water partition coefficient (Wildman–Crippen LogP) is 4.22. The molecule has 1 saturated carbocycles. The molecule has 2 aromatic carbocycles. The van der Waals surface area contributed by atoms with Gasteiger partial charge in [0.15, 0.2) is 0 Å². The topological polar surface area (TPSA) is 105 Å². The average molecular weight is 490 g/mol. The van der Waals surface area contributed by atoms with E-state index in [4.69, 9.17) is 9.84 Å². The van der Waals surface area contributed by atoms with Crippen LogP contribution in [0.25, 0.3) is 11.1 Å². The zero-order valence-electron chi connectivity index (χ0n) is 18.7. The number of carbonyl (C=O) groups excluding carboxylic acids is 2. The normalized spacial score (nSPS) is 19.6. The summed E-state index contributed by atoms with van der Waals surface area (Å²) in [6.45, 7) is -0.149. The summed E-state index contributed by atoms with van der Waals surface area (Å²) in [4.78, 5) is 35.1. The number of nitrogens with one attached hydrogen (secondary N) is 2. The van der Waals surface area contributed by atoms with E-state index in [-0.39, 0.29) is 30.9 Å². The number of aliphatic carboxylic acids is 1. The molecule has 2 amide bonds. The van der Waals surface area contributed by atoms with Crippen LogP contribution in [0.4, 0.5) is 18.0 Å². The van der Waals surface area contributed by atoms with E-state index in [0.29, 0.717) is 12.8 Å². The van der Waals surface area contributed by atoms with Crippen LogP contribution in [0.15, 0.2) is 48.5 Å². The van der Waals surface area contributed by atoms with Gasteiger partial charge in [-0.05, 0) is 41.0 Å². The summed E-state index contributed by atoms with van der Waals surface area (Å²) in [6.07, 6.45) is -6.35. The van der Waals surface area contributed by atoms with Gasteiger partial charge in [0.1, 0.15) is 12.6 Å². The van der Waals surface area contributed by atoms with Crippen molar-refractivity contribution in [3.05, 3.63) is 59.7 Å². The average Bonchev–Trinajstić information content (AvgIpc) is 3.08. The molecule has 0 aliphatic heterocycles. The maximum absolute atomic E-state index is 13.5. The first-order valence-electron chi connectivity index (χ1n) is 11.3. The summed E-state index contributed by atoms with van der Waals surface area (Å²) in [5, 5.41) is 13.0. The Bertz CT molecular complexity index is 1070. The molecule has 35 heavy (non-hydrogen) atoms. The quantitative estimate of drug-likeness (QED) is 0.514. The number of carboxylic acids is 1.